The number of rotatable bonds is 7. The van der Waals surface area contributed by atoms with Crippen molar-refractivity contribution in [1.29, 1.82) is 0 Å². The summed E-state index contributed by atoms with van der Waals surface area (Å²) < 4.78 is 45.4. The summed E-state index contributed by atoms with van der Waals surface area (Å²) in [4.78, 5) is -0.242. The lowest BCUT2D eigenvalue weighted by atomic mass is 10.3. The molecule has 0 bridgehead atoms. The van der Waals surface area contributed by atoms with E-state index >= 15 is 0 Å². The van der Waals surface area contributed by atoms with Gasteiger partial charge < -0.3 is 14.9 Å². The Labute approximate surface area is 133 Å². The van der Waals surface area contributed by atoms with Crippen molar-refractivity contribution in [2.45, 2.75) is 31.3 Å². The van der Waals surface area contributed by atoms with Crippen molar-refractivity contribution in [3.63, 3.8) is 0 Å². The van der Waals surface area contributed by atoms with E-state index in [1.54, 1.807) is 13.0 Å². The minimum atomic E-state index is -3.98. The lowest BCUT2D eigenvalue weighted by molar-refractivity contribution is 0.265. The van der Waals surface area contributed by atoms with Crippen molar-refractivity contribution < 1.29 is 22.4 Å². The lowest BCUT2D eigenvalue weighted by Gasteiger charge is -2.15. The van der Waals surface area contributed by atoms with Gasteiger partial charge in [-0.3, -0.25) is 0 Å². The van der Waals surface area contributed by atoms with E-state index in [1.165, 1.54) is 13.0 Å². The normalized spacial score (nSPS) is 13.0. The van der Waals surface area contributed by atoms with Gasteiger partial charge in [-0.25, -0.2) is 17.5 Å². The molecule has 9 heteroatoms. The predicted octanol–water partition coefficient (Wildman–Crippen LogP) is 1.39. The van der Waals surface area contributed by atoms with Crippen LogP contribution in [0.5, 0.6) is 0 Å². The Morgan fingerprint density at radius 1 is 1.39 bits per heavy atom. The molecule has 7 nitrogen and oxygen atoms in total. The fraction of sp³-hybridized carbons (Fsp3) is 0.357. The average Bonchev–Trinajstić information content (AvgIpc) is 2.91. The SMILES string of the molecule is Cc1cc(CNc2ccc(F)cc2S(=O)(=O)N[C@@H](C)CO)on1. The summed E-state index contributed by atoms with van der Waals surface area (Å²) in [6.07, 6.45) is 0. The highest BCUT2D eigenvalue weighted by atomic mass is 32.2. The van der Waals surface area contributed by atoms with Crippen LogP contribution in [0.2, 0.25) is 0 Å². The first kappa shape index (κ1) is 17.4. The number of hydrogen-bond acceptors (Lipinski definition) is 6. The van der Waals surface area contributed by atoms with E-state index in [4.69, 9.17) is 9.63 Å². The fourth-order valence-corrected chi connectivity index (χ4v) is 3.34. The van der Waals surface area contributed by atoms with Crippen LogP contribution >= 0.6 is 0 Å². The average molecular weight is 343 g/mol. The number of aliphatic hydroxyl groups is 1. The first-order valence-corrected chi connectivity index (χ1v) is 8.39. The molecule has 0 saturated heterocycles. The monoisotopic (exact) mass is 343 g/mol. The van der Waals surface area contributed by atoms with Crippen molar-refractivity contribution in [3.05, 3.63) is 41.5 Å². The van der Waals surface area contributed by atoms with Crippen LogP contribution < -0.4 is 10.0 Å². The fourth-order valence-electron chi connectivity index (χ4n) is 1.91. The van der Waals surface area contributed by atoms with E-state index in [1.807, 2.05) is 0 Å². The molecule has 0 aliphatic heterocycles. The van der Waals surface area contributed by atoms with E-state index in [2.05, 4.69) is 15.2 Å². The number of benzene rings is 1. The number of halogens is 1. The minimum Gasteiger partial charge on any atom is -0.395 e. The van der Waals surface area contributed by atoms with Gasteiger partial charge in [0, 0.05) is 12.1 Å². The van der Waals surface area contributed by atoms with Crippen molar-refractivity contribution >= 4 is 15.7 Å². The largest absolute Gasteiger partial charge is 0.395 e. The first-order chi connectivity index (χ1) is 10.8. The van der Waals surface area contributed by atoms with E-state index < -0.39 is 21.9 Å². The van der Waals surface area contributed by atoms with Crippen LogP contribution in [0.3, 0.4) is 0 Å². The van der Waals surface area contributed by atoms with Gasteiger partial charge in [-0.15, -0.1) is 0 Å². The Morgan fingerprint density at radius 3 is 2.74 bits per heavy atom. The molecule has 0 amide bonds. The zero-order chi connectivity index (χ0) is 17.0. The topological polar surface area (TPSA) is 104 Å². The smallest absolute Gasteiger partial charge is 0.243 e. The maximum absolute atomic E-state index is 13.5. The van der Waals surface area contributed by atoms with Crippen molar-refractivity contribution in [1.82, 2.24) is 9.88 Å². The zero-order valence-corrected chi connectivity index (χ0v) is 13.5. The van der Waals surface area contributed by atoms with Crippen LogP contribution in [0.4, 0.5) is 10.1 Å². The highest BCUT2D eigenvalue weighted by molar-refractivity contribution is 7.89. The summed E-state index contributed by atoms with van der Waals surface area (Å²) in [5.74, 6) is -0.157. The molecule has 0 radical (unpaired) electrons. The van der Waals surface area contributed by atoms with Gasteiger partial charge in [0.05, 0.1) is 24.5 Å². The zero-order valence-electron chi connectivity index (χ0n) is 12.7. The van der Waals surface area contributed by atoms with Crippen LogP contribution in [0, 0.1) is 12.7 Å². The second-order valence-corrected chi connectivity index (χ2v) is 6.82. The van der Waals surface area contributed by atoms with Gasteiger partial charge in [0.1, 0.15) is 10.7 Å². The third-order valence-electron chi connectivity index (χ3n) is 2.99. The molecule has 0 aliphatic carbocycles. The molecule has 1 aromatic heterocycles. The maximum atomic E-state index is 13.5. The van der Waals surface area contributed by atoms with Gasteiger partial charge >= 0.3 is 0 Å². The molecule has 1 aromatic carbocycles. The van der Waals surface area contributed by atoms with E-state index in [-0.39, 0.29) is 23.7 Å². The molecule has 2 aromatic rings. The summed E-state index contributed by atoms with van der Waals surface area (Å²) in [7, 11) is -3.98. The molecular formula is C14H18FN3O4S. The van der Waals surface area contributed by atoms with Gasteiger partial charge in [0.15, 0.2) is 5.76 Å². The Morgan fingerprint density at radius 2 is 2.13 bits per heavy atom. The van der Waals surface area contributed by atoms with Crippen molar-refractivity contribution in [2.75, 3.05) is 11.9 Å². The van der Waals surface area contributed by atoms with Gasteiger partial charge in [-0.2, -0.15) is 0 Å². The number of aromatic nitrogens is 1. The number of hydrogen-bond donors (Lipinski definition) is 3. The minimum absolute atomic E-state index is 0.199. The molecule has 126 valence electrons. The molecule has 0 fully saturated rings. The number of aryl methyl sites for hydroxylation is 1. The summed E-state index contributed by atoms with van der Waals surface area (Å²) in [5, 5.41) is 15.6. The first-order valence-electron chi connectivity index (χ1n) is 6.90. The highest BCUT2D eigenvalue weighted by Gasteiger charge is 2.21. The van der Waals surface area contributed by atoms with Crippen molar-refractivity contribution in [3.8, 4) is 0 Å². The number of anilines is 1. The number of nitrogens with zero attached hydrogens (tertiary/aromatic N) is 1. The van der Waals surface area contributed by atoms with Crippen LogP contribution in [0.25, 0.3) is 0 Å². The Kier molecular flexibility index (Phi) is 5.34. The Hall–Kier alpha value is -1.97. The van der Waals surface area contributed by atoms with Crippen LogP contribution in [0.15, 0.2) is 33.7 Å². The van der Waals surface area contributed by atoms with Gasteiger partial charge in [-0.1, -0.05) is 5.16 Å². The van der Waals surface area contributed by atoms with E-state index in [0.29, 0.717) is 11.5 Å². The highest BCUT2D eigenvalue weighted by Crippen LogP contribution is 2.23. The molecule has 1 atom stereocenters. The summed E-state index contributed by atoms with van der Waals surface area (Å²) in [5.41, 5.74) is 0.922. The molecule has 3 N–H and O–H groups in total. The van der Waals surface area contributed by atoms with Gasteiger partial charge in [0.2, 0.25) is 10.0 Å². The second kappa shape index (κ2) is 7.07. The standard InChI is InChI=1S/C14H18FN3O4S/c1-9-5-12(22-17-9)7-16-13-4-3-11(15)6-14(13)23(20,21)18-10(2)8-19/h3-6,10,16,18-19H,7-8H2,1-2H3/t10-/m0/s1. The quantitative estimate of drug-likeness (QED) is 0.702. The summed E-state index contributed by atoms with van der Waals surface area (Å²) >= 11 is 0. The van der Waals surface area contributed by atoms with Gasteiger partial charge in [0.25, 0.3) is 0 Å². The number of nitrogens with one attached hydrogen (secondary N) is 2. The van der Waals surface area contributed by atoms with E-state index in [9.17, 15) is 12.8 Å². The third kappa shape index (κ3) is 4.50. The van der Waals surface area contributed by atoms with Crippen LogP contribution in [-0.4, -0.2) is 31.3 Å². The van der Waals surface area contributed by atoms with Crippen molar-refractivity contribution in [2.24, 2.45) is 0 Å². The third-order valence-corrected chi connectivity index (χ3v) is 4.62. The molecule has 23 heavy (non-hydrogen) atoms. The molecule has 0 unspecified atom stereocenters. The molecule has 0 aliphatic rings. The maximum Gasteiger partial charge on any atom is 0.243 e. The number of sulfonamides is 1. The summed E-state index contributed by atoms with van der Waals surface area (Å²) in [6, 6.07) is 4.42. The molecule has 0 saturated carbocycles. The van der Waals surface area contributed by atoms with E-state index in [0.717, 1.165) is 12.1 Å². The Bertz CT molecular complexity index is 776. The van der Waals surface area contributed by atoms with Gasteiger partial charge in [-0.05, 0) is 32.0 Å². The second-order valence-electron chi connectivity index (χ2n) is 5.13. The summed E-state index contributed by atoms with van der Waals surface area (Å²) in [6.45, 7) is 3.10. The lowest BCUT2D eigenvalue weighted by Crippen LogP contribution is -2.35. The van der Waals surface area contributed by atoms with Crippen LogP contribution in [0.1, 0.15) is 18.4 Å². The predicted molar refractivity (Wildman–Crippen MR) is 81.8 cm³/mol. The Balaban J connectivity index is 2.26. The molecular weight excluding hydrogens is 325 g/mol. The molecule has 2 rings (SSSR count). The molecule has 0 spiro atoms. The van der Waals surface area contributed by atoms with Crippen LogP contribution in [-0.2, 0) is 16.6 Å². The number of aliphatic hydroxyl groups excluding tert-OH is 1. The molecule has 1 heterocycles.